The second-order valence-electron chi connectivity index (χ2n) is 4.95. The summed E-state index contributed by atoms with van der Waals surface area (Å²) in [4.78, 5) is 0. The van der Waals surface area contributed by atoms with Gasteiger partial charge in [-0.05, 0) is 36.5 Å². The molecule has 0 unspecified atom stereocenters. The number of rotatable bonds is 3. The summed E-state index contributed by atoms with van der Waals surface area (Å²) in [6.07, 6.45) is 5.91. The summed E-state index contributed by atoms with van der Waals surface area (Å²) in [6, 6.07) is 0. The van der Waals surface area contributed by atoms with Gasteiger partial charge in [0.15, 0.2) is 0 Å². The molecule has 0 aromatic rings. The standard InChI is InChI=1S/C12H24/c1-5-11-6-7-12(8-11)10(4)9(2)3/h9-12H,5-8H2,1-4H3/t10-,11-,12+/m1/s1. The van der Waals surface area contributed by atoms with Crippen LogP contribution in [0.3, 0.4) is 0 Å². The van der Waals surface area contributed by atoms with Gasteiger partial charge in [-0.1, -0.05) is 40.5 Å². The van der Waals surface area contributed by atoms with Crippen LogP contribution in [0.1, 0.15) is 53.4 Å². The molecule has 0 nitrogen and oxygen atoms in total. The van der Waals surface area contributed by atoms with Crippen LogP contribution in [-0.4, -0.2) is 0 Å². The van der Waals surface area contributed by atoms with Crippen LogP contribution < -0.4 is 0 Å². The molecule has 0 heteroatoms. The Bertz CT molecular complexity index is 126. The van der Waals surface area contributed by atoms with Gasteiger partial charge in [0.05, 0.1) is 0 Å². The SMILES string of the molecule is CC[C@@H]1CC[C@H]([C@H](C)C(C)C)C1. The Morgan fingerprint density at radius 2 is 1.83 bits per heavy atom. The van der Waals surface area contributed by atoms with Crippen molar-refractivity contribution in [1.29, 1.82) is 0 Å². The monoisotopic (exact) mass is 168 g/mol. The highest BCUT2D eigenvalue weighted by molar-refractivity contribution is 4.79. The summed E-state index contributed by atoms with van der Waals surface area (Å²) < 4.78 is 0. The van der Waals surface area contributed by atoms with E-state index in [-0.39, 0.29) is 0 Å². The predicted octanol–water partition coefficient (Wildman–Crippen LogP) is 4.10. The molecule has 1 aliphatic rings. The lowest BCUT2D eigenvalue weighted by atomic mass is 9.83. The molecule has 0 amide bonds. The van der Waals surface area contributed by atoms with Crippen LogP contribution in [0.15, 0.2) is 0 Å². The third-order valence-corrected chi connectivity index (χ3v) is 3.95. The van der Waals surface area contributed by atoms with Crippen molar-refractivity contribution >= 4 is 0 Å². The van der Waals surface area contributed by atoms with E-state index >= 15 is 0 Å². The van der Waals surface area contributed by atoms with Crippen molar-refractivity contribution in [2.24, 2.45) is 23.7 Å². The van der Waals surface area contributed by atoms with Crippen molar-refractivity contribution in [3.8, 4) is 0 Å². The van der Waals surface area contributed by atoms with Gasteiger partial charge < -0.3 is 0 Å². The van der Waals surface area contributed by atoms with E-state index in [4.69, 9.17) is 0 Å². The molecular weight excluding hydrogens is 144 g/mol. The van der Waals surface area contributed by atoms with Crippen LogP contribution in [-0.2, 0) is 0 Å². The van der Waals surface area contributed by atoms with Crippen LogP contribution in [0.25, 0.3) is 0 Å². The average molecular weight is 168 g/mol. The van der Waals surface area contributed by atoms with Gasteiger partial charge in [0.25, 0.3) is 0 Å². The molecule has 1 saturated carbocycles. The minimum atomic E-state index is 0.880. The molecular formula is C12H24. The predicted molar refractivity (Wildman–Crippen MR) is 55.1 cm³/mol. The topological polar surface area (TPSA) is 0 Å². The Morgan fingerprint density at radius 1 is 1.17 bits per heavy atom. The third kappa shape index (κ3) is 2.24. The molecule has 0 aliphatic heterocycles. The molecule has 0 saturated heterocycles. The minimum absolute atomic E-state index is 0.880. The zero-order valence-corrected chi connectivity index (χ0v) is 9.14. The molecule has 12 heavy (non-hydrogen) atoms. The Balaban J connectivity index is 2.35. The number of hydrogen-bond donors (Lipinski definition) is 0. The quantitative estimate of drug-likeness (QED) is 0.595. The molecule has 3 atom stereocenters. The maximum atomic E-state index is 2.44. The highest BCUT2D eigenvalue weighted by Gasteiger charge is 2.28. The van der Waals surface area contributed by atoms with E-state index in [0.717, 1.165) is 23.7 Å². The zero-order chi connectivity index (χ0) is 9.14. The van der Waals surface area contributed by atoms with Gasteiger partial charge >= 0.3 is 0 Å². The van der Waals surface area contributed by atoms with E-state index in [1.54, 1.807) is 0 Å². The maximum absolute atomic E-state index is 2.44. The fraction of sp³-hybridized carbons (Fsp3) is 1.00. The lowest BCUT2D eigenvalue weighted by Crippen LogP contribution is -2.14. The zero-order valence-electron chi connectivity index (χ0n) is 9.14. The molecule has 1 fully saturated rings. The van der Waals surface area contributed by atoms with Crippen LogP contribution >= 0.6 is 0 Å². The Kier molecular flexibility index (Phi) is 3.61. The van der Waals surface area contributed by atoms with E-state index in [0.29, 0.717) is 0 Å². The molecule has 0 spiro atoms. The van der Waals surface area contributed by atoms with Gasteiger partial charge in [0.2, 0.25) is 0 Å². The van der Waals surface area contributed by atoms with Crippen molar-refractivity contribution < 1.29 is 0 Å². The molecule has 0 bridgehead atoms. The molecule has 1 rings (SSSR count). The smallest absolute Gasteiger partial charge is 0.0383 e. The van der Waals surface area contributed by atoms with Crippen molar-refractivity contribution in [2.45, 2.75) is 53.4 Å². The molecule has 0 N–H and O–H groups in total. The summed E-state index contributed by atoms with van der Waals surface area (Å²) in [7, 11) is 0. The third-order valence-electron chi connectivity index (χ3n) is 3.95. The first-order valence-electron chi connectivity index (χ1n) is 5.65. The minimum Gasteiger partial charge on any atom is -0.0651 e. The average Bonchev–Trinajstić information content (AvgIpc) is 2.50. The van der Waals surface area contributed by atoms with Crippen molar-refractivity contribution in [3.05, 3.63) is 0 Å². The van der Waals surface area contributed by atoms with Gasteiger partial charge in [0, 0.05) is 0 Å². The first-order valence-corrected chi connectivity index (χ1v) is 5.65. The van der Waals surface area contributed by atoms with E-state index in [1.807, 2.05) is 0 Å². The van der Waals surface area contributed by atoms with Crippen LogP contribution in [0.4, 0.5) is 0 Å². The van der Waals surface area contributed by atoms with Crippen molar-refractivity contribution in [2.75, 3.05) is 0 Å². The van der Waals surface area contributed by atoms with Crippen LogP contribution in [0.5, 0.6) is 0 Å². The highest BCUT2D eigenvalue weighted by Crippen LogP contribution is 2.39. The van der Waals surface area contributed by atoms with E-state index in [1.165, 1.54) is 25.7 Å². The largest absolute Gasteiger partial charge is 0.0651 e. The van der Waals surface area contributed by atoms with Gasteiger partial charge in [-0.3, -0.25) is 0 Å². The Hall–Kier alpha value is 0. The lowest BCUT2D eigenvalue weighted by Gasteiger charge is -2.22. The van der Waals surface area contributed by atoms with E-state index < -0.39 is 0 Å². The highest BCUT2D eigenvalue weighted by atomic mass is 14.3. The van der Waals surface area contributed by atoms with Crippen molar-refractivity contribution in [3.63, 3.8) is 0 Å². The Labute approximate surface area is 77.7 Å². The summed E-state index contributed by atoms with van der Waals surface area (Å²) in [6.45, 7) is 9.51. The molecule has 72 valence electrons. The van der Waals surface area contributed by atoms with E-state index in [2.05, 4.69) is 27.7 Å². The normalized spacial score (nSPS) is 32.8. The second-order valence-corrected chi connectivity index (χ2v) is 4.95. The van der Waals surface area contributed by atoms with Gasteiger partial charge in [0.1, 0.15) is 0 Å². The molecule has 0 radical (unpaired) electrons. The fourth-order valence-corrected chi connectivity index (χ4v) is 2.51. The van der Waals surface area contributed by atoms with Crippen LogP contribution in [0, 0.1) is 23.7 Å². The molecule has 0 heterocycles. The second kappa shape index (κ2) is 4.30. The lowest BCUT2D eigenvalue weighted by molar-refractivity contribution is 0.274. The summed E-state index contributed by atoms with van der Waals surface area (Å²) in [5.41, 5.74) is 0. The first-order chi connectivity index (χ1) is 5.65. The summed E-state index contributed by atoms with van der Waals surface area (Å²) >= 11 is 0. The fourth-order valence-electron chi connectivity index (χ4n) is 2.51. The molecule has 0 aromatic carbocycles. The summed E-state index contributed by atoms with van der Waals surface area (Å²) in [5.74, 6) is 3.92. The van der Waals surface area contributed by atoms with Crippen LogP contribution in [0.2, 0.25) is 0 Å². The Morgan fingerprint density at radius 3 is 2.25 bits per heavy atom. The van der Waals surface area contributed by atoms with Gasteiger partial charge in [-0.2, -0.15) is 0 Å². The molecule has 1 aliphatic carbocycles. The van der Waals surface area contributed by atoms with Gasteiger partial charge in [-0.25, -0.2) is 0 Å². The first kappa shape index (κ1) is 10.1. The maximum Gasteiger partial charge on any atom is -0.0383 e. The van der Waals surface area contributed by atoms with Crippen molar-refractivity contribution in [1.82, 2.24) is 0 Å². The van der Waals surface area contributed by atoms with Gasteiger partial charge in [-0.15, -0.1) is 0 Å². The summed E-state index contributed by atoms with van der Waals surface area (Å²) in [5, 5.41) is 0. The molecule has 0 aromatic heterocycles. The van der Waals surface area contributed by atoms with E-state index in [9.17, 15) is 0 Å². The number of hydrogen-bond acceptors (Lipinski definition) is 0.